The fourth-order valence-corrected chi connectivity index (χ4v) is 2.52. The van der Waals surface area contributed by atoms with E-state index in [1.165, 1.54) is 18.4 Å². The second kappa shape index (κ2) is 6.92. The van der Waals surface area contributed by atoms with Crippen LogP contribution in [0, 0.1) is 6.92 Å². The van der Waals surface area contributed by atoms with Crippen LogP contribution >= 0.6 is 0 Å². The largest absolute Gasteiger partial charge is 0.493 e. The second-order valence-electron chi connectivity index (χ2n) is 5.46. The summed E-state index contributed by atoms with van der Waals surface area (Å²) in [5.74, 6) is 0.924. The molecule has 0 aliphatic carbocycles. The highest BCUT2D eigenvalue weighted by Gasteiger charge is 2.15. The van der Waals surface area contributed by atoms with Gasteiger partial charge in [-0.25, -0.2) is 0 Å². The topological polar surface area (TPSA) is 44.5 Å². The first-order valence-electron chi connectivity index (χ1n) is 7.27. The summed E-state index contributed by atoms with van der Waals surface area (Å²) < 4.78 is 11.5. The highest BCUT2D eigenvalue weighted by atomic mass is 16.5. The van der Waals surface area contributed by atoms with Gasteiger partial charge in [0.2, 0.25) is 0 Å². The molecule has 1 aliphatic heterocycles. The lowest BCUT2D eigenvalue weighted by Gasteiger charge is -2.15. The average molecular weight is 263 g/mol. The van der Waals surface area contributed by atoms with Gasteiger partial charge in [0.25, 0.3) is 0 Å². The Bertz CT molecular complexity index is 398. The number of hydrogen-bond acceptors (Lipinski definition) is 3. The normalized spacial score (nSPS) is 20.5. The van der Waals surface area contributed by atoms with Crippen molar-refractivity contribution < 1.29 is 9.47 Å². The molecule has 1 aromatic rings. The van der Waals surface area contributed by atoms with E-state index < -0.39 is 0 Å². The maximum atomic E-state index is 5.99. The van der Waals surface area contributed by atoms with Gasteiger partial charge in [0.05, 0.1) is 12.7 Å². The van der Waals surface area contributed by atoms with Crippen LogP contribution in [0.3, 0.4) is 0 Å². The minimum Gasteiger partial charge on any atom is -0.493 e. The molecule has 3 nitrogen and oxygen atoms in total. The third-order valence-electron chi connectivity index (χ3n) is 3.61. The monoisotopic (exact) mass is 263 g/mol. The maximum Gasteiger partial charge on any atom is 0.124 e. The molecule has 2 atom stereocenters. The van der Waals surface area contributed by atoms with Gasteiger partial charge >= 0.3 is 0 Å². The zero-order valence-electron chi connectivity index (χ0n) is 12.0. The van der Waals surface area contributed by atoms with Crippen LogP contribution in [-0.2, 0) is 4.74 Å². The van der Waals surface area contributed by atoms with Crippen LogP contribution in [0.2, 0.25) is 0 Å². The molecule has 3 heteroatoms. The molecular weight excluding hydrogens is 238 g/mol. The molecule has 1 fully saturated rings. The van der Waals surface area contributed by atoms with E-state index in [1.54, 1.807) is 0 Å². The maximum absolute atomic E-state index is 5.99. The summed E-state index contributed by atoms with van der Waals surface area (Å²) in [6, 6.07) is 6.22. The Kier molecular flexibility index (Phi) is 5.23. The third kappa shape index (κ3) is 4.22. The minimum atomic E-state index is 0.00747. The molecule has 106 valence electrons. The Morgan fingerprint density at radius 1 is 1.47 bits per heavy atom. The molecule has 0 spiro atoms. The number of aryl methyl sites for hydroxylation is 1. The summed E-state index contributed by atoms with van der Waals surface area (Å²) in [6.45, 7) is 5.74. The molecule has 0 saturated carbocycles. The lowest BCUT2D eigenvalue weighted by molar-refractivity contribution is 0.0980. The van der Waals surface area contributed by atoms with Gasteiger partial charge in [0.1, 0.15) is 5.75 Å². The van der Waals surface area contributed by atoms with Gasteiger partial charge in [-0.15, -0.1) is 0 Å². The quantitative estimate of drug-likeness (QED) is 0.800. The predicted octanol–water partition coefficient (Wildman–Crippen LogP) is 3.35. The van der Waals surface area contributed by atoms with Gasteiger partial charge in [-0.3, -0.25) is 0 Å². The molecule has 0 bridgehead atoms. The Labute approximate surface area is 116 Å². The van der Waals surface area contributed by atoms with Crippen LogP contribution in [0.4, 0.5) is 0 Å². The van der Waals surface area contributed by atoms with E-state index in [0.717, 1.165) is 37.4 Å². The molecule has 1 saturated heterocycles. The van der Waals surface area contributed by atoms with E-state index in [9.17, 15) is 0 Å². The molecule has 1 aliphatic rings. The van der Waals surface area contributed by atoms with Gasteiger partial charge in [-0.2, -0.15) is 0 Å². The van der Waals surface area contributed by atoms with Crippen molar-refractivity contribution in [1.29, 1.82) is 0 Å². The Morgan fingerprint density at radius 2 is 2.32 bits per heavy atom. The fourth-order valence-electron chi connectivity index (χ4n) is 2.52. The van der Waals surface area contributed by atoms with Crippen molar-refractivity contribution in [2.45, 2.75) is 51.7 Å². The zero-order valence-corrected chi connectivity index (χ0v) is 12.0. The van der Waals surface area contributed by atoms with Crippen LogP contribution in [0.25, 0.3) is 0 Å². The van der Waals surface area contributed by atoms with Gasteiger partial charge in [-0.1, -0.05) is 17.7 Å². The van der Waals surface area contributed by atoms with E-state index in [4.69, 9.17) is 15.2 Å². The number of hydrogen-bond donors (Lipinski definition) is 1. The fraction of sp³-hybridized carbons (Fsp3) is 0.625. The van der Waals surface area contributed by atoms with Crippen molar-refractivity contribution in [1.82, 2.24) is 0 Å². The highest BCUT2D eigenvalue weighted by molar-refractivity contribution is 5.38. The predicted molar refractivity (Wildman–Crippen MR) is 77.5 cm³/mol. The van der Waals surface area contributed by atoms with Crippen molar-refractivity contribution in [3.8, 4) is 5.75 Å². The molecule has 2 rings (SSSR count). The summed E-state index contributed by atoms with van der Waals surface area (Å²) in [5, 5.41) is 0. The molecular formula is C16H25NO2. The SMILES string of the molecule is Cc1ccc(OCCCC2CCCO2)c([C@H](C)N)c1. The Hall–Kier alpha value is -1.06. The molecule has 2 N–H and O–H groups in total. The van der Waals surface area contributed by atoms with Gasteiger partial charge in [0, 0.05) is 18.2 Å². The molecule has 1 heterocycles. The third-order valence-corrected chi connectivity index (χ3v) is 3.61. The zero-order chi connectivity index (χ0) is 13.7. The number of nitrogens with two attached hydrogens (primary N) is 1. The van der Waals surface area contributed by atoms with Crippen molar-refractivity contribution in [3.63, 3.8) is 0 Å². The van der Waals surface area contributed by atoms with Gasteiger partial charge in [-0.05, 0) is 45.6 Å². The molecule has 1 aromatic carbocycles. The van der Waals surface area contributed by atoms with E-state index in [1.807, 2.05) is 13.0 Å². The van der Waals surface area contributed by atoms with Gasteiger partial charge < -0.3 is 15.2 Å². The first-order valence-corrected chi connectivity index (χ1v) is 7.27. The summed E-state index contributed by atoms with van der Waals surface area (Å²) in [4.78, 5) is 0. The van der Waals surface area contributed by atoms with Crippen LogP contribution < -0.4 is 10.5 Å². The van der Waals surface area contributed by atoms with Crippen LogP contribution in [0.15, 0.2) is 18.2 Å². The second-order valence-corrected chi connectivity index (χ2v) is 5.46. The molecule has 0 amide bonds. The summed E-state index contributed by atoms with van der Waals surface area (Å²) in [6.07, 6.45) is 5.00. The van der Waals surface area contributed by atoms with Crippen molar-refractivity contribution in [2.75, 3.05) is 13.2 Å². The number of benzene rings is 1. The average Bonchev–Trinajstić information content (AvgIpc) is 2.89. The Balaban J connectivity index is 1.81. The van der Waals surface area contributed by atoms with E-state index >= 15 is 0 Å². The molecule has 0 radical (unpaired) electrons. The Morgan fingerprint density at radius 3 is 3.00 bits per heavy atom. The number of rotatable bonds is 6. The minimum absolute atomic E-state index is 0.00747. The smallest absolute Gasteiger partial charge is 0.124 e. The lowest BCUT2D eigenvalue weighted by atomic mass is 10.1. The summed E-state index contributed by atoms with van der Waals surface area (Å²) in [7, 11) is 0. The molecule has 0 aromatic heterocycles. The van der Waals surface area contributed by atoms with Crippen molar-refractivity contribution in [3.05, 3.63) is 29.3 Å². The van der Waals surface area contributed by atoms with Crippen molar-refractivity contribution in [2.24, 2.45) is 5.73 Å². The lowest BCUT2D eigenvalue weighted by Crippen LogP contribution is -2.11. The van der Waals surface area contributed by atoms with E-state index in [0.29, 0.717) is 6.10 Å². The van der Waals surface area contributed by atoms with E-state index in [-0.39, 0.29) is 6.04 Å². The highest BCUT2D eigenvalue weighted by Crippen LogP contribution is 2.25. The van der Waals surface area contributed by atoms with Crippen LogP contribution in [-0.4, -0.2) is 19.3 Å². The van der Waals surface area contributed by atoms with Crippen LogP contribution in [0.1, 0.15) is 49.8 Å². The first-order chi connectivity index (χ1) is 9.16. The molecule has 19 heavy (non-hydrogen) atoms. The first kappa shape index (κ1) is 14.4. The standard InChI is InChI=1S/C16H25NO2/c1-12-7-8-16(15(11-12)13(2)17)19-10-4-6-14-5-3-9-18-14/h7-8,11,13-14H,3-6,9-10,17H2,1-2H3/t13-,14?/m0/s1. The van der Waals surface area contributed by atoms with Gasteiger partial charge in [0.15, 0.2) is 0 Å². The van der Waals surface area contributed by atoms with Crippen LogP contribution in [0.5, 0.6) is 5.75 Å². The van der Waals surface area contributed by atoms with E-state index in [2.05, 4.69) is 19.1 Å². The molecule has 1 unspecified atom stereocenters. The van der Waals surface area contributed by atoms with Crippen molar-refractivity contribution >= 4 is 0 Å². The number of ether oxygens (including phenoxy) is 2. The summed E-state index contributed by atoms with van der Waals surface area (Å²) in [5.41, 5.74) is 8.30. The summed E-state index contributed by atoms with van der Waals surface area (Å²) >= 11 is 0.